The average Bonchev–Trinajstić information content (AvgIpc) is 3.14. The van der Waals surface area contributed by atoms with Crippen LogP contribution in [-0.4, -0.2) is 22.5 Å². The molecule has 1 aromatic heterocycles. The fraction of sp³-hybridized carbons (Fsp3) is 0.438. The molecule has 1 atom stereocenters. The molecule has 0 saturated heterocycles. The first kappa shape index (κ1) is 15.6. The summed E-state index contributed by atoms with van der Waals surface area (Å²) < 4.78 is 29.9. The van der Waals surface area contributed by atoms with Crippen LogP contribution in [0, 0.1) is 0 Å². The van der Waals surface area contributed by atoms with Crippen LogP contribution in [0.1, 0.15) is 49.2 Å². The molecule has 0 unspecified atom stereocenters. The third-order valence-corrected chi connectivity index (χ3v) is 3.93. The third kappa shape index (κ3) is 3.09. The van der Waals surface area contributed by atoms with Gasteiger partial charge in [-0.05, 0) is 30.0 Å². The van der Waals surface area contributed by atoms with Crippen LogP contribution in [0.2, 0.25) is 0 Å². The van der Waals surface area contributed by atoms with Gasteiger partial charge in [0, 0.05) is 11.5 Å². The van der Waals surface area contributed by atoms with Crippen molar-refractivity contribution in [3.63, 3.8) is 0 Å². The first-order valence-electron chi connectivity index (χ1n) is 7.51. The van der Waals surface area contributed by atoms with E-state index in [0.717, 1.165) is 16.7 Å². The number of fused-ring (bicyclic) bond motifs is 1. The monoisotopic (exact) mass is 321 g/mol. The van der Waals surface area contributed by atoms with Gasteiger partial charge in [-0.25, -0.2) is 0 Å². The molecular weight excluding hydrogens is 304 g/mol. The first-order chi connectivity index (χ1) is 11.0. The highest BCUT2D eigenvalue weighted by Gasteiger charge is 2.27. The molecule has 1 aliphatic carbocycles. The van der Waals surface area contributed by atoms with Crippen LogP contribution in [0.5, 0.6) is 0 Å². The molecule has 1 heterocycles. The lowest BCUT2D eigenvalue weighted by Gasteiger charge is -2.13. The Morgan fingerprint density at radius 2 is 2.17 bits per heavy atom. The number of hydrogen-bond acceptors (Lipinski definition) is 4. The number of halogens is 2. The summed E-state index contributed by atoms with van der Waals surface area (Å²) in [5, 5.41) is 6.34. The lowest BCUT2D eigenvalue weighted by atomic mass is 10.0. The van der Waals surface area contributed by atoms with E-state index in [1.807, 2.05) is 32.0 Å². The minimum Gasteiger partial charge on any atom is -0.344 e. The van der Waals surface area contributed by atoms with Gasteiger partial charge in [0.15, 0.2) is 0 Å². The minimum absolute atomic E-state index is 0.152. The number of carbonyl (C=O) groups excluding carboxylic acids is 1. The maximum Gasteiger partial charge on any atom is 0.315 e. The van der Waals surface area contributed by atoms with Crippen LogP contribution < -0.4 is 5.32 Å². The Balaban J connectivity index is 1.82. The van der Waals surface area contributed by atoms with Gasteiger partial charge in [-0.1, -0.05) is 31.1 Å². The topological polar surface area (TPSA) is 68.0 Å². The molecule has 1 aromatic carbocycles. The lowest BCUT2D eigenvalue weighted by molar-refractivity contribution is -0.132. The molecule has 23 heavy (non-hydrogen) atoms. The van der Waals surface area contributed by atoms with Gasteiger partial charge in [-0.3, -0.25) is 4.79 Å². The van der Waals surface area contributed by atoms with Gasteiger partial charge in [-0.15, -0.1) is 0 Å². The van der Waals surface area contributed by atoms with Gasteiger partial charge in [0.25, 0.3) is 5.91 Å². The zero-order valence-corrected chi connectivity index (χ0v) is 12.8. The molecule has 5 nitrogen and oxygen atoms in total. The number of nitrogens with one attached hydrogen (secondary N) is 1. The maximum absolute atomic E-state index is 12.4. The van der Waals surface area contributed by atoms with Crippen molar-refractivity contribution >= 4 is 5.91 Å². The molecule has 1 aliphatic rings. The first-order valence-corrected chi connectivity index (χ1v) is 7.51. The van der Waals surface area contributed by atoms with Gasteiger partial charge in [0.05, 0.1) is 6.04 Å². The van der Waals surface area contributed by atoms with Crippen LogP contribution in [0.25, 0.3) is 11.4 Å². The summed E-state index contributed by atoms with van der Waals surface area (Å²) in [4.78, 5) is 15.5. The number of amides is 1. The van der Waals surface area contributed by atoms with Crippen molar-refractivity contribution in [1.29, 1.82) is 0 Å². The number of aromatic nitrogens is 2. The number of nitrogens with zero attached hydrogens (tertiary/aromatic N) is 2. The number of rotatable bonds is 4. The fourth-order valence-corrected chi connectivity index (χ4v) is 2.73. The van der Waals surface area contributed by atoms with Crippen molar-refractivity contribution in [2.75, 3.05) is 0 Å². The molecule has 1 amide bonds. The van der Waals surface area contributed by atoms with Crippen molar-refractivity contribution < 1.29 is 18.1 Å². The van der Waals surface area contributed by atoms with Crippen molar-refractivity contribution in [3.05, 3.63) is 35.2 Å². The number of hydrogen-bond donors (Lipinski definition) is 1. The van der Waals surface area contributed by atoms with Crippen molar-refractivity contribution in [3.8, 4) is 11.4 Å². The number of alkyl halides is 2. The molecule has 3 rings (SSSR count). The van der Waals surface area contributed by atoms with E-state index in [0.29, 0.717) is 24.6 Å². The summed E-state index contributed by atoms with van der Waals surface area (Å²) in [5.74, 6) is 0.00502. The van der Waals surface area contributed by atoms with Crippen LogP contribution in [0.3, 0.4) is 0 Å². The van der Waals surface area contributed by atoms with E-state index in [1.165, 1.54) is 0 Å². The van der Waals surface area contributed by atoms with E-state index in [1.54, 1.807) is 0 Å². The Bertz CT molecular complexity index is 728. The highest BCUT2D eigenvalue weighted by molar-refractivity contribution is 5.79. The second-order valence-electron chi connectivity index (χ2n) is 5.93. The molecule has 1 N–H and O–H groups in total. The van der Waals surface area contributed by atoms with Gasteiger partial charge in [0.1, 0.15) is 0 Å². The van der Waals surface area contributed by atoms with E-state index in [-0.39, 0.29) is 12.0 Å². The van der Waals surface area contributed by atoms with Crippen molar-refractivity contribution in [2.24, 2.45) is 0 Å². The van der Waals surface area contributed by atoms with Gasteiger partial charge < -0.3 is 9.84 Å². The Labute approximate surface area is 132 Å². The molecule has 7 heteroatoms. The van der Waals surface area contributed by atoms with Crippen LogP contribution in [-0.2, 0) is 11.2 Å². The Hall–Kier alpha value is -2.31. The van der Waals surface area contributed by atoms with E-state index in [9.17, 15) is 13.6 Å². The molecule has 0 aliphatic heterocycles. The summed E-state index contributed by atoms with van der Waals surface area (Å²) in [6.45, 7) is 3.94. The average molecular weight is 321 g/mol. The molecule has 0 radical (unpaired) electrons. The van der Waals surface area contributed by atoms with E-state index >= 15 is 0 Å². The van der Waals surface area contributed by atoms with Gasteiger partial charge >= 0.3 is 6.43 Å². The van der Waals surface area contributed by atoms with Crippen LogP contribution >= 0.6 is 0 Å². The Morgan fingerprint density at radius 3 is 2.83 bits per heavy atom. The molecule has 0 spiro atoms. The lowest BCUT2D eigenvalue weighted by Crippen LogP contribution is -2.32. The largest absolute Gasteiger partial charge is 0.344 e. The number of carbonyl (C=O) groups is 1. The standard InChI is InChI=1S/C16H17F2N3O2/c1-8(2)16-20-14(21-23-16)10-3-5-11-9(7-10)4-6-12(11)19-15(22)13(17)18/h3,5,7-8,12-13H,4,6H2,1-2H3,(H,19,22)/t12-/m1/s1. The van der Waals surface area contributed by atoms with Crippen LogP contribution in [0.15, 0.2) is 22.7 Å². The van der Waals surface area contributed by atoms with Gasteiger partial charge in [0.2, 0.25) is 11.7 Å². The van der Waals surface area contributed by atoms with E-state index in [2.05, 4.69) is 15.5 Å². The zero-order valence-electron chi connectivity index (χ0n) is 12.8. The summed E-state index contributed by atoms with van der Waals surface area (Å²) in [6.07, 6.45) is -1.67. The number of aryl methyl sites for hydroxylation is 1. The SMILES string of the molecule is CC(C)c1nc(-c2ccc3c(c2)CC[C@H]3NC(=O)C(F)F)no1. The summed E-state index contributed by atoms with van der Waals surface area (Å²) in [5.41, 5.74) is 2.70. The maximum atomic E-state index is 12.4. The second kappa shape index (κ2) is 6.06. The minimum atomic E-state index is -2.99. The molecular formula is C16H17F2N3O2. The van der Waals surface area contributed by atoms with Crippen molar-refractivity contribution in [2.45, 2.75) is 45.1 Å². The highest BCUT2D eigenvalue weighted by Crippen LogP contribution is 2.34. The summed E-state index contributed by atoms with van der Waals surface area (Å²) >= 11 is 0. The number of benzene rings is 1. The van der Waals surface area contributed by atoms with Crippen LogP contribution in [0.4, 0.5) is 8.78 Å². The van der Waals surface area contributed by atoms with Gasteiger partial charge in [-0.2, -0.15) is 13.8 Å². The smallest absolute Gasteiger partial charge is 0.315 e. The Morgan fingerprint density at radius 1 is 1.39 bits per heavy atom. The zero-order chi connectivity index (χ0) is 16.6. The normalized spacial score (nSPS) is 16.9. The van der Waals surface area contributed by atoms with Crippen molar-refractivity contribution in [1.82, 2.24) is 15.5 Å². The third-order valence-electron chi connectivity index (χ3n) is 3.93. The fourth-order valence-electron chi connectivity index (χ4n) is 2.73. The highest BCUT2D eigenvalue weighted by atomic mass is 19.3. The van der Waals surface area contributed by atoms with E-state index < -0.39 is 12.3 Å². The molecule has 0 saturated carbocycles. The second-order valence-corrected chi connectivity index (χ2v) is 5.93. The quantitative estimate of drug-likeness (QED) is 0.939. The molecule has 0 bridgehead atoms. The molecule has 2 aromatic rings. The molecule has 0 fully saturated rings. The summed E-state index contributed by atoms with van der Waals surface area (Å²) in [7, 11) is 0. The molecule has 122 valence electrons. The predicted octanol–water partition coefficient (Wildman–Crippen LogP) is 3.23. The summed E-state index contributed by atoms with van der Waals surface area (Å²) in [6, 6.07) is 5.22. The van der Waals surface area contributed by atoms with E-state index in [4.69, 9.17) is 4.52 Å². The Kier molecular flexibility index (Phi) is 4.11. The predicted molar refractivity (Wildman–Crippen MR) is 79.0 cm³/mol.